The Kier molecular flexibility index (Phi) is 5.61. The van der Waals surface area contributed by atoms with Crippen molar-refractivity contribution in [3.8, 4) is 0 Å². The summed E-state index contributed by atoms with van der Waals surface area (Å²) in [5.41, 5.74) is -1.00. The highest BCUT2D eigenvalue weighted by molar-refractivity contribution is 7.10. The molecule has 1 rings (SSSR count). The molecule has 0 saturated carbocycles. The third-order valence-electron chi connectivity index (χ3n) is 2.36. The van der Waals surface area contributed by atoms with Crippen LogP contribution in [0.3, 0.4) is 0 Å². The highest BCUT2D eigenvalue weighted by atomic mass is 32.1. The molecule has 0 spiro atoms. The third-order valence-corrected chi connectivity index (χ3v) is 3.48. The SMILES string of the molecule is CCOCCC(=O)NCC(C)(O)c1cccs1. The van der Waals surface area contributed by atoms with E-state index in [4.69, 9.17) is 4.74 Å². The predicted molar refractivity (Wildman–Crippen MR) is 68.0 cm³/mol. The molecule has 1 unspecified atom stereocenters. The second-order valence-corrected chi connectivity index (χ2v) is 4.92. The van der Waals surface area contributed by atoms with Crippen LogP contribution in [0, 0.1) is 0 Å². The van der Waals surface area contributed by atoms with Gasteiger partial charge in [-0.1, -0.05) is 6.07 Å². The van der Waals surface area contributed by atoms with Gasteiger partial charge in [-0.05, 0) is 25.3 Å². The van der Waals surface area contributed by atoms with Crippen molar-refractivity contribution >= 4 is 17.2 Å². The maximum atomic E-state index is 11.4. The smallest absolute Gasteiger partial charge is 0.222 e. The molecule has 0 saturated heterocycles. The van der Waals surface area contributed by atoms with Crippen LogP contribution in [0.25, 0.3) is 0 Å². The lowest BCUT2D eigenvalue weighted by Crippen LogP contribution is -2.38. The fourth-order valence-electron chi connectivity index (χ4n) is 1.34. The molecule has 2 N–H and O–H groups in total. The van der Waals surface area contributed by atoms with Gasteiger partial charge in [-0.2, -0.15) is 0 Å². The number of thiophene rings is 1. The van der Waals surface area contributed by atoms with Crippen molar-refractivity contribution in [3.63, 3.8) is 0 Å². The number of aliphatic hydroxyl groups is 1. The summed E-state index contributed by atoms with van der Waals surface area (Å²) < 4.78 is 5.09. The van der Waals surface area contributed by atoms with Crippen LogP contribution in [-0.2, 0) is 15.1 Å². The first-order chi connectivity index (χ1) is 8.06. The second-order valence-electron chi connectivity index (χ2n) is 3.97. The number of carbonyl (C=O) groups is 1. The van der Waals surface area contributed by atoms with Gasteiger partial charge in [0.2, 0.25) is 5.91 Å². The number of ether oxygens (including phenoxy) is 1. The molecule has 96 valence electrons. The minimum atomic E-state index is -1.00. The quantitative estimate of drug-likeness (QED) is 0.728. The van der Waals surface area contributed by atoms with E-state index in [1.807, 2.05) is 24.4 Å². The van der Waals surface area contributed by atoms with Gasteiger partial charge >= 0.3 is 0 Å². The Morgan fingerprint density at radius 3 is 3.00 bits per heavy atom. The standard InChI is InChI=1S/C12H19NO3S/c1-3-16-7-6-11(14)13-9-12(2,15)10-5-4-8-17-10/h4-5,8,15H,3,6-7,9H2,1-2H3,(H,13,14). The lowest BCUT2D eigenvalue weighted by atomic mass is 10.1. The van der Waals surface area contributed by atoms with Gasteiger partial charge in [0.05, 0.1) is 13.2 Å². The maximum absolute atomic E-state index is 11.4. The number of nitrogens with one attached hydrogen (secondary N) is 1. The van der Waals surface area contributed by atoms with Crippen LogP contribution in [0.2, 0.25) is 0 Å². The van der Waals surface area contributed by atoms with E-state index in [2.05, 4.69) is 5.32 Å². The molecular formula is C12H19NO3S. The summed E-state index contributed by atoms with van der Waals surface area (Å²) in [5.74, 6) is -0.102. The minimum Gasteiger partial charge on any atom is -0.383 e. The first kappa shape index (κ1) is 14.2. The van der Waals surface area contributed by atoms with E-state index in [0.717, 1.165) is 4.88 Å². The van der Waals surface area contributed by atoms with Crippen LogP contribution in [0.5, 0.6) is 0 Å². The van der Waals surface area contributed by atoms with E-state index < -0.39 is 5.60 Å². The summed E-state index contributed by atoms with van der Waals surface area (Å²) in [4.78, 5) is 12.3. The van der Waals surface area contributed by atoms with Crippen molar-refractivity contribution in [2.45, 2.75) is 25.9 Å². The number of carbonyl (C=O) groups excluding carboxylic acids is 1. The predicted octanol–water partition coefficient (Wildman–Crippen LogP) is 1.50. The number of rotatable bonds is 7. The highest BCUT2D eigenvalue weighted by Crippen LogP contribution is 2.24. The summed E-state index contributed by atoms with van der Waals surface area (Å²) in [6.45, 7) is 4.84. The van der Waals surface area contributed by atoms with Crippen molar-refractivity contribution in [2.75, 3.05) is 19.8 Å². The van der Waals surface area contributed by atoms with Crippen LogP contribution in [0.15, 0.2) is 17.5 Å². The first-order valence-corrected chi connectivity index (χ1v) is 6.55. The molecule has 0 radical (unpaired) electrons. The fourth-order valence-corrected chi connectivity index (χ4v) is 2.13. The third kappa shape index (κ3) is 4.85. The lowest BCUT2D eigenvalue weighted by molar-refractivity contribution is -0.123. The zero-order valence-corrected chi connectivity index (χ0v) is 11.0. The van der Waals surface area contributed by atoms with E-state index in [-0.39, 0.29) is 12.5 Å². The second kappa shape index (κ2) is 6.74. The molecule has 1 heterocycles. The topological polar surface area (TPSA) is 58.6 Å². The van der Waals surface area contributed by atoms with Crippen molar-refractivity contribution in [2.24, 2.45) is 0 Å². The summed E-state index contributed by atoms with van der Waals surface area (Å²) in [7, 11) is 0. The van der Waals surface area contributed by atoms with Gasteiger partial charge in [0, 0.05) is 17.9 Å². The van der Waals surface area contributed by atoms with Gasteiger partial charge in [0.25, 0.3) is 0 Å². The van der Waals surface area contributed by atoms with E-state index >= 15 is 0 Å². The van der Waals surface area contributed by atoms with Crippen molar-refractivity contribution in [1.82, 2.24) is 5.32 Å². The first-order valence-electron chi connectivity index (χ1n) is 5.67. The van der Waals surface area contributed by atoms with E-state index in [0.29, 0.717) is 19.6 Å². The van der Waals surface area contributed by atoms with E-state index in [9.17, 15) is 9.90 Å². The zero-order chi connectivity index (χ0) is 12.7. The molecular weight excluding hydrogens is 238 g/mol. The number of hydrogen-bond acceptors (Lipinski definition) is 4. The molecule has 0 aliphatic heterocycles. The average Bonchev–Trinajstić information content (AvgIpc) is 2.81. The molecule has 1 amide bonds. The average molecular weight is 257 g/mol. The van der Waals surface area contributed by atoms with Gasteiger partial charge in [0.15, 0.2) is 0 Å². The van der Waals surface area contributed by atoms with Crippen molar-refractivity contribution in [1.29, 1.82) is 0 Å². The van der Waals surface area contributed by atoms with Crippen LogP contribution >= 0.6 is 11.3 Å². The zero-order valence-electron chi connectivity index (χ0n) is 10.2. The molecule has 0 aromatic carbocycles. The molecule has 0 aliphatic carbocycles. The molecule has 17 heavy (non-hydrogen) atoms. The fraction of sp³-hybridized carbons (Fsp3) is 0.583. The Bertz CT molecular complexity index is 336. The maximum Gasteiger partial charge on any atom is 0.222 e. The molecule has 1 atom stereocenters. The van der Waals surface area contributed by atoms with Gasteiger partial charge in [-0.25, -0.2) is 0 Å². The molecule has 0 aliphatic rings. The number of amides is 1. The van der Waals surface area contributed by atoms with Crippen molar-refractivity contribution < 1.29 is 14.6 Å². The molecule has 0 fully saturated rings. The van der Waals surface area contributed by atoms with Gasteiger partial charge in [0.1, 0.15) is 5.60 Å². The van der Waals surface area contributed by atoms with E-state index in [1.165, 1.54) is 11.3 Å². The van der Waals surface area contributed by atoms with Crippen LogP contribution < -0.4 is 5.32 Å². The summed E-state index contributed by atoms with van der Waals surface area (Å²) in [6.07, 6.45) is 0.328. The van der Waals surface area contributed by atoms with Crippen molar-refractivity contribution in [3.05, 3.63) is 22.4 Å². The monoisotopic (exact) mass is 257 g/mol. The van der Waals surface area contributed by atoms with E-state index in [1.54, 1.807) is 6.92 Å². The van der Waals surface area contributed by atoms with Gasteiger partial charge in [-0.15, -0.1) is 11.3 Å². The Balaban J connectivity index is 2.32. The molecule has 1 aromatic heterocycles. The Morgan fingerprint density at radius 1 is 1.65 bits per heavy atom. The molecule has 5 heteroatoms. The Hall–Kier alpha value is -0.910. The minimum absolute atomic E-state index is 0.102. The summed E-state index contributed by atoms with van der Waals surface area (Å²) in [6, 6.07) is 3.74. The molecule has 4 nitrogen and oxygen atoms in total. The summed E-state index contributed by atoms with van der Waals surface area (Å²) >= 11 is 1.48. The van der Waals surface area contributed by atoms with Gasteiger partial charge in [-0.3, -0.25) is 4.79 Å². The lowest BCUT2D eigenvalue weighted by Gasteiger charge is -2.22. The van der Waals surface area contributed by atoms with Crippen LogP contribution in [-0.4, -0.2) is 30.8 Å². The highest BCUT2D eigenvalue weighted by Gasteiger charge is 2.24. The normalized spacial score (nSPS) is 14.3. The molecule has 0 bridgehead atoms. The Labute approximate surface area is 106 Å². The summed E-state index contributed by atoms with van der Waals surface area (Å²) in [5, 5.41) is 14.8. The van der Waals surface area contributed by atoms with Gasteiger partial charge < -0.3 is 15.2 Å². The largest absolute Gasteiger partial charge is 0.383 e. The Morgan fingerprint density at radius 2 is 2.41 bits per heavy atom. The van der Waals surface area contributed by atoms with Crippen LogP contribution in [0.4, 0.5) is 0 Å². The number of hydrogen-bond donors (Lipinski definition) is 2. The van der Waals surface area contributed by atoms with Crippen LogP contribution in [0.1, 0.15) is 25.1 Å². The molecule has 1 aromatic rings.